The Morgan fingerprint density at radius 1 is 1.03 bits per heavy atom. The van der Waals surface area contributed by atoms with E-state index in [1.54, 1.807) is 41.8 Å². The third kappa shape index (κ3) is 5.09. The number of non-ortho nitro benzene ring substituents is 1. The number of nitrogens with zero attached hydrogens (tertiary/aromatic N) is 3. The van der Waals surface area contributed by atoms with Crippen LogP contribution in [0.5, 0.6) is 11.5 Å². The second-order valence-electron chi connectivity index (χ2n) is 7.01. The van der Waals surface area contributed by atoms with Crippen LogP contribution < -0.4 is 14.4 Å². The first-order chi connectivity index (χ1) is 16.9. The second-order valence-corrected chi connectivity index (χ2v) is 7.84. The maximum atomic E-state index is 13.7. The minimum atomic E-state index is -3.11. The minimum Gasteiger partial charge on any atom is -0.495 e. The van der Waals surface area contributed by atoms with E-state index in [9.17, 15) is 23.7 Å². The highest BCUT2D eigenvalue weighted by Crippen LogP contribution is 2.39. The van der Waals surface area contributed by atoms with Gasteiger partial charge in [-0.15, -0.1) is 11.3 Å². The number of ether oxygens (including phenoxy) is 2. The number of thiazole rings is 1. The standard InChI is InChI=1S/C24H17F2N3O5S/c1-33-21-9-5-3-7-19(21)28(22(30)17-6-2-4-8-20(17)34-23(25)26)24-27-18(14-35-24)15-10-12-16(13-11-15)29(31)32/h2-14,23H,1H3. The average molecular weight is 497 g/mol. The summed E-state index contributed by atoms with van der Waals surface area (Å²) >= 11 is 1.14. The number of methoxy groups -OCH3 is 1. The van der Waals surface area contributed by atoms with Gasteiger partial charge < -0.3 is 9.47 Å². The van der Waals surface area contributed by atoms with Crippen LogP contribution in [-0.2, 0) is 0 Å². The number of amides is 1. The molecule has 1 aromatic heterocycles. The fourth-order valence-corrected chi connectivity index (χ4v) is 4.17. The number of rotatable bonds is 8. The number of para-hydroxylation sites is 3. The number of nitro groups is 1. The molecule has 0 aliphatic rings. The first-order valence-corrected chi connectivity index (χ1v) is 11.0. The number of hydrogen-bond donors (Lipinski definition) is 0. The number of nitro benzene ring substituents is 1. The molecule has 11 heteroatoms. The second kappa shape index (κ2) is 10.3. The zero-order valence-electron chi connectivity index (χ0n) is 18.1. The van der Waals surface area contributed by atoms with Gasteiger partial charge >= 0.3 is 6.61 Å². The third-order valence-electron chi connectivity index (χ3n) is 4.92. The largest absolute Gasteiger partial charge is 0.495 e. The van der Waals surface area contributed by atoms with Crippen LogP contribution in [0.1, 0.15) is 10.4 Å². The zero-order valence-corrected chi connectivity index (χ0v) is 18.9. The molecule has 0 saturated heterocycles. The van der Waals surface area contributed by atoms with Crippen molar-refractivity contribution in [2.45, 2.75) is 6.61 Å². The van der Waals surface area contributed by atoms with Crippen molar-refractivity contribution in [1.82, 2.24) is 4.98 Å². The van der Waals surface area contributed by atoms with Crippen molar-refractivity contribution < 1.29 is 28.0 Å². The molecule has 8 nitrogen and oxygen atoms in total. The van der Waals surface area contributed by atoms with Gasteiger partial charge in [-0.2, -0.15) is 8.78 Å². The van der Waals surface area contributed by atoms with Gasteiger partial charge in [-0.05, 0) is 36.4 Å². The highest BCUT2D eigenvalue weighted by Gasteiger charge is 2.28. The highest BCUT2D eigenvalue weighted by molar-refractivity contribution is 7.14. The number of anilines is 2. The molecule has 0 atom stereocenters. The Hall–Kier alpha value is -4.38. The molecule has 1 amide bonds. The Labute approximate surface area is 202 Å². The van der Waals surface area contributed by atoms with Crippen LogP contribution in [0.25, 0.3) is 11.3 Å². The zero-order chi connectivity index (χ0) is 24.9. The van der Waals surface area contributed by atoms with Crippen molar-refractivity contribution in [2.75, 3.05) is 12.0 Å². The van der Waals surface area contributed by atoms with Gasteiger partial charge in [0.2, 0.25) is 0 Å². The number of aromatic nitrogens is 1. The number of benzene rings is 3. The summed E-state index contributed by atoms with van der Waals surface area (Å²) < 4.78 is 35.9. The van der Waals surface area contributed by atoms with E-state index < -0.39 is 17.4 Å². The van der Waals surface area contributed by atoms with Crippen LogP contribution in [0, 0.1) is 10.1 Å². The molecular formula is C24H17F2N3O5S. The molecule has 0 aliphatic heterocycles. The smallest absolute Gasteiger partial charge is 0.387 e. The first-order valence-electron chi connectivity index (χ1n) is 10.1. The van der Waals surface area contributed by atoms with E-state index in [0.29, 0.717) is 22.7 Å². The number of hydrogen-bond acceptors (Lipinski definition) is 7. The summed E-state index contributed by atoms with van der Waals surface area (Å²) in [5, 5.41) is 12.9. The summed E-state index contributed by atoms with van der Waals surface area (Å²) in [5.74, 6) is -0.574. The summed E-state index contributed by atoms with van der Waals surface area (Å²) in [6.07, 6.45) is 0. The molecule has 178 valence electrons. The molecule has 1 heterocycles. The van der Waals surface area contributed by atoms with Crippen molar-refractivity contribution in [3.8, 4) is 22.8 Å². The van der Waals surface area contributed by atoms with Gasteiger partial charge in [-0.25, -0.2) is 9.88 Å². The lowest BCUT2D eigenvalue weighted by Gasteiger charge is -2.23. The van der Waals surface area contributed by atoms with Crippen molar-refractivity contribution in [3.63, 3.8) is 0 Å². The lowest BCUT2D eigenvalue weighted by Crippen LogP contribution is -2.27. The molecule has 4 aromatic rings. The van der Waals surface area contributed by atoms with E-state index in [4.69, 9.17) is 4.74 Å². The van der Waals surface area contributed by atoms with Gasteiger partial charge in [0.1, 0.15) is 11.5 Å². The molecule has 3 aromatic carbocycles. The Morgan fingerprint density at radius 2 is 1.69 bits per heavy atom. The van der Waals surface area contributed by atoms with E-state index in [2.05, 4.69) is 9.72 Å². The van der Waals surface area contributed by atoms with Crippen LogP contribution in [0.3, 0.4) is 0 Å². The first kappa shape index (κ1) is 23.8. The quantitative estimate of drug-likeness (QED) is 0.209. The molecular weight excluding hydrogens is 480 g/mol. The fraction of sp³-hybridized carbons (Fsp3) is 0.0833. The van der Waals surface area contributed by atoms with E-state index >= 15 is 0 Å². The number of halogens is 2. The molecule has 0 N–H and O–H groups in total. The fourth-order valence-electron chi connectivity index (χ4n) is 3.33. The Kier molecular flexibility index (Phi) is 6.97. The van der Waals surface area contributed by atoms with E-state index in [1.807, 2.05) is 0 Å². The predicted octanol–water partition coefficient (Wildman–Crippen LogP) is 6.31. The van der Waals surface area contributed by atoms with Crippen LogP contribution in [0.4, 0.5) is 25.3 Å². The summed E-state index contributed by atoms with van der Waals surface area (Å²) in [5.41, 5.74) is 1.27. The number of carbonyl (C=O) groups is 1. The maximum absolute atomic E-state index is 13.7. The highest BCUT2D eigenvalue weighted by atomic mass is 32.1. The van der Waals surface area contributed by atoms with Gasteiger partial charge in [0.25, 0.3) is 11.6 Å². The van der Waals surface area contributed by atoms with Crippen molar-refractivity contribution in [1.29, 1.82) is 0 Å². The summed E-state index contributed by atoms with van der Waals surface area (Å²) in [6.45, 7) is -3.11. The van der Waals surface area contributed by atoms with Crippen molar-refractivity contribution in [2.24, 2.45) is 0 Å². The lowest BCUT2D eigenvalue weighted by molar-refractivity contribution is -0.384. The molecule has 4 rings (SSSR count). The van der Waals surface area contributed by atoms with Gasteiger partial charge in [0, 0.05) is 23.1 Å². The Balaban J connectivity index is 1.80. The minimum absolute atomic E-state index is 0.0642. The molecule has 35 heavy (non-hydrogen) atoms. The predicted molar refractivity (Wildman–Crippen MR) is 127 cm³/mol. The molecule has 0 unspecified atom stereocenters. The van der Waals surface area contributed by atoms with Gasteiger partial charge in [-0.1, -0.05) is 24.3 Å². The Morgan fingerprint density at radius 3 is 2.34 bits per heavy atom. The molecule has 0 saturated carbocycles. The number of alkyl halides is 2. The molecule has 0 aliphatic carbocycles. The molecule has 0 spiro atoms. The van der Waals surface area contributed by atoms with Crippen molar-refractivity contribution >= 4 is 33.8 Å². The SMILES string of the molecule is COc1ccccc1N(C(=O)c1ccccc1OC(F)F)c1nc(-c2ccc([N+](=O)[O-])cc2)cs1. The summed E-state index contributed by atoms with van der Waals surface area (Å²) in [6, 6.07) is 18.2. The Bertz CT molecular complexity index is 1360. The van der Waals surface area contributed by atoms with Crippen molar-refractivity contribution in [3.05, 3.63) is 93.9 Å². The molecule has 0 radical (unpaired) electrons. The normalized spacial score (nSPS) is 10.7. The van der Waals surface area contributed by atoms with E-state index in [-0.39, 0.29) is 22.1 Å². The maximum Gasteiger partial charge on any atom is 0.387 e. The molecule has 0 bridgehead atoms. The van der Waals surface area contributed by atoms with E-state index in [0.717, 1.165) is 11.3 Å². The van der Waals surface area contributed by atoms with Crippen LogP contribution in [0.15, 0.2) is 78.2 Å². The lowest BCUT2D eigenvalue weighted by atomic mass is 10.1. The van der Waals surface area contributed by atoms with Gasteiger partial charge in [0.05, 0.1) is 29.0 Å². The van der Waals surface area contributed by atoms with Crippen LogP contribution >= 0.6 is 11.3 Å². The number of carbonyl (C=O) groups excluding carboxylic acids is 1. The van der Waals surface area contributed by atoms with Gasteiger partial charge in [-0.3, -0.25) is 14.9 Å². The molecule has 0 fully saturated rings. The monoisotopic (exact) mass is 497 g/mol. The van der Waals surface area contributed by atoms with E-state index in [1.165, 1.54) is 48.4 Å². The third-order valence-corrected chi connectivity index (χ3v) is 5.75. The topological polar surface area (TPSA) is 94.8 Å². The van der Waals surface area contributed by atoms with Gasteiger partial charge in [0.15, 0.2) is 5.13 Å². The summed E-state index contributed by atoms with van der Waals surface area (Å²) in [7, 11) is 1.44. The van der Waals surface area contributed by atoms with Crippen LogP contribution in [0.2, 0.25) is 0 Å². The average Bonchev–Trinajstić information content (AvgIpc) is 3.34. The van der Waals surface area contributed by atoms with Crippen LogP contribution in [-0.4, -0.2) is 29.5 Å². The summed E-state index contributed by atoms with van der Waals surface area (Å²) in [4.78, 5) is 30.0.